The molecule has 2 saturated carbocycles. The number of allylic oxidation sites excluding steroid dienone is 1. The quantitative estimate of drug-likeness (QED) is 0.404. The molecular weight excluding hydrogens is 379 g/mol. The lowest BCUT2D eigenvalue weighted by Gasteiger charge is -2.28. The Morgan fingerprint density at radius 3 is 1.81 bits per heavy atom. The van der Waals surface area contributed by atoms with Crippen LogP contribution in [0.2, 0.25) is 0 Å². The van der Waals surface area contributed by atoms with Gasteiger partial charge < -0.3 is 15.7 Å². The molecule has 0 radical (unpaired) electrons. The molecule has 2 rings (SSSR count). The van der Waals surface area contributed by atoms with Gasteiger partial charge in [-0.05, 0) is 44.4 Å². The van der Waals surface area contributed by atoms with E-state index in [1.54, 1.807) is 0 Å². The fraction of sp³-hybridized carbons (Fsp3) is 0.824. The van der Waals surface area contributed by atoms with E-state index in [0.717, 1.165) is 12.8 Å². The summed E-state index contributed by atoms with van der Waals surface area (Å²) < 4.78 is 73.4. The van der Waals surface area contributed by atoms with Gasteiger partial charge in [0.2, 0.25) is 5.83 Å². The monoisotopic (exact) mass is 406 g/mol. The minimum absolute atomic E-state index is 0. The highest BCUT2D eigenvalue weighted by molar-refractivity contribution is 5.86. The summed E-state index contributed by atoms with van der Waals surface area (Å²) in [5, 5.41) is 0. The van der Waals surface area contributed by atoms with Crippen LogP contribution in [0, 0.1) is 11.8 Å². The van der Waals surface area contributed by atoms with Crippen LogP contribution in [0.1, 0.15) is 58.3 Å². The minimum atomic E-state index is -4.70. The number of halogens is 5. The maximum Gasteiger partial charge on any atom is 0.522 e. The second kappa shape index (κ2) is 10.9. The normalized spacial score (nSPS) is 29.7. The SMILES string of the molecule is CC1CCC(/C(F)=C(\F)C(=O)OC2CCC(OC(F)(F)F)CC2)CC1.O.O. The van der Waals surface area contributed by atoms with Gasteiger partial charge in [0.25, 0.3) is 0 Å². The van der Waals surface area contributed by atoms with Crippen LogP contribution in [-0.4, -0.2) is 35.5 Å². The summed E-state index contributed by atoms with van der Waals surface area (Å²) in [5.74, 6) is -4.07. The Labute approximate surface area is 154 Å². The van der Waals surface area contributed by atoms with Crippen LogP contribution in [0.3, 0.4) is 0 Å². The molecule has 5 nitrogen and oxygen atoms in total. The number of rotatable bonds is 4. The lowest BCUT2D eigenvalue weighted by atomic mass is 9.82. The number of alkyl halides is 3. The third-order valence-corrected chi connectivity index (χ3v) is 4.96. The van der Waals surface area contributed by atoms with Gasteiger partial charge in [-0.1, -0.05) is 19.8 Å². The maximum absolute atomic E-state index is 14.1. The van der Waals surface area contributed by atoms with Gasteiger partial charge in [0.15, 0.2) is 0 Å². The van der Waals surface area contributed by atoms with Crippen molar-refractivity contribution < 1.29 is 47.2 Å². The fourth-order valence-electron chi connectivity index (χ4n) is 3.45. The van der Waals surface area contributed by atoms with E-state index in [4.69, 9.17) is 4.74 Å². The van der Waals surface area contributed by atoms with Crippen LogP contribution >= 0.6 is 0 Å². The summed E-state index contributed by atoms with van der Waals surface area (Å²) >= 11 is 0. The van der Waals surface area contributed by atoms with E-state index >= 15 is 0 Å². The maximum atomic E-state index is 14.1. The summed E-state index contributed by atoms with van der Waals surface area (Å²) in [6.45, 7) is 2.04. The highest BCUT2D eigenvalue weighted by Gasteiger charge is 2.36. The van der Waals surface area contributed by atoms with Crippen molar-refractivity contribution in [2.75, 3.05) is 0 Å². The molecule has 0 spiro atoms. The summed E-state index contributed by atoms with van der Waals surface area (Å²) in [7, 11) is 0. The zero-order valence-electron chi connectivity index (χ0n) is 15.1. The number of ether oxygens (including phenoxy) is 2. The Bertz CT molecular complexity index is 492. The highest BCUT2D eigenvalue weighted by Crippen LogP contribution is 2.36. The molecule has 0 atom stereocenters. The van der Waals surface area contributed by atoms with Crippen LogP contribution in [0.15, 0.2) is 11.7 Å². The first-order valence-corrected chi connectivity index (χ1v) is 8.66. The van der Waals surface area contributed by atoms with E-state index in [2.05, 4.69) is 4.74 Å². The van der Waals surface area contributed by atoms with E-state index in [1.807, 2.05) is 6.92 Å². The lowest BCUT2D eigenvalue weighted by Crippen LogP contribution is -2.32. The van der Waals surface area contributed by atoms with Crippen LogP contribution < -0.4 is 0 Å². The Kier molecular flexibility index (Phi) is 10.4. The van der Waals surface area contributed by atoms with Gasteiger partial charge >= 0.3 is 12.3 Å². The van der Waals surface area contributed by atoms with E-state index in [0.29, 0.717) is 18.8 Å². The van der Waals surface area contributed by atoms with Crippen molar-refractivity contribution in [2.24, 2.45) is 11.8 Å². The molecule has 10 heteroatoms. The van der Waals surface area contributed by atoms with Gasteiger partial charge in [-0.2, -0.15) is 4.39 Å². The van der Waals surface area contributed by atoms with Gasteiger partial charge in [0.05, 0.1) is 6.10 Å². The smallest absolute Gasteiger partial charge is 0.457 e. The first-order chi connectivity index (χ1) is 11.7. The molecule has 0 unspecified atom stereocenters. The van der Waals surface area contributed by atoms with Gasteiger partial charge in [-0.15, -0.1) is 13.2 Å². The third-order valence-electron chi connectivity index (χ3n) is 4.96. The van der Waals surface area contributed by atoms with Crippen molar-refractivity contribution in [3.63, 3.8) is 0 Å². The minimum Gasteiger partial charge on any atom is -0.457 e. The summed E-state index contributed by atoms with van der Waals surface area (Å²) in [4.78, 5) is 11.8. The standard InChI is InChI=1S/C17H23F5O3.2H2O/c1-10-2-4-11(5-3-10)14(18)15(19)16(23)24-12-6-8-13(9-7-12)25-17(20,21)22;;/h10-13H,2-9H2,1H3;2*1H2/b15-14+;;. The second-order valence-electron chi connectivity index (χ2n) is 6.99. The number of esters is 1. The van der Waals surface area contributed by atoms with Gasteiger partial charge in [-0.25, -0.2) is 9.18 Å². The zero-order chi connectivity index (χ0) is 18.6. The molecule has 4 N–H and O–H groups in total. The molecule has 0 heterocycles. The van der Waals surface area contributed by atoms with Crippen LogP contribution in [0.25, 0.3) is 0 Å². The number of hydrogen-bond donors (Lipinski definition) is 0. The molecule has 2 aliphatic rings. The predicted molar refractivity (Wildman–Crippen MR) is 86.9 cm³/mol. The van der Waals surface area contributed by atoms with Crippen molar-refractivity contribution in [2.45, 2.75) is 76.9 Å². The second-order valence-corrected chi connectivity index (χ2v) is 6.99. The molecule has 27 heavy (non-hydrogen) atoms. The molecule has 2 fully saturated rings. The largest absolute Gasteiger partial charge is 0.522 e. The Morgan fingerprint density at radius 2 is 1.33 bits per heavy atom. The van der Waals surface area contributed by atoms with Gasteiger partial charge in [0, 0.05) is 5.92 Å². The Morgan fingerprint density at radius 1 is 0.852 bits per heavy atom. The van der Waals surface area contributed by atoms with Gasteiger partial charge in [-0.3, -0.25) is 4.74 Å². The highest BCUT2D eigenvalue weighted by atomic mass is 19.4. The molecule has 0 saturated heterocycles. The molecule has 0 bridgehead atoms. The van der Waals surface area contributed by atoms with Crippen molar-refractivity contribution >= 4 is 5.97 Å². The Hall–Kier alpha value is -1.26. The number of carbonyl (C=O) groups excluding carboxylic acids is 1. The van der Waals surface area contributed by atoms with E-state index in [1.165, 1.54) is 0 Å². The molecule has 0 aromatic carbocycles. The first kappa shape index (κ1) is 25.7. The van der Waals surface area contributed by atoms with Crippen molar-refractivity contribution in [1.82, 2.24) is 0 Å². The van der Waals surface area contributed by atoms with Crippen LogP contribution in [-0.2, 0) is 14.3 Å². The number of hydrogen-bond acceptors (Lipinski definition) is 3. The molecule has 0 amide bonds. The molecule has 0 aromatic heterocycles. The van der Waals surface area contributed by atoms with E-state index in [-0.39, 0.29) is 36.6 Å². The average molecular weight is 406 g/mol. The summed E-state index contributed by atoms with van der Waals surface area (Å²) in [6.07, 6.45) is -3.51. The summed E-state index contributed by atoms with van der Waals surface area (Å²) in [5.41, 5.74) is 0. The lowest BCUT2D eigenvalue weighted by molar-refractivity contribution is -0.346. The zero-order valence-corrected chi connectivity index (χ0v) is 15.1. The average Bonchev–Trinajstić information content (AvgIpc) is 2.54. The molecule has 0 aliphatic heterocycles. The molecular formula is C17H27F5O5. The predicted octanol–water partition coefficient (Wildman–Crippen LogP) is 3.70. The third kappa shape index (κ3) is 8.10. The molecule has 0 aromatic rings. The van der Waals surface area contributed by atoms with Gasteiger partial charge in [0.1, 0.15) is 11.9 Å². The van der Waals surface area contributed by atoms with E-state index < -0.39 is 42.1 Å². The molecule has 2 aliphatic carbocycles. The van der Waals surface area contributed by atoms with Crippen LogP contribution in [0.5, 0.6) is 0 Å². The molecule has 160 valence electrons. The van der Waals surface area contributed by atoms with Crippen LogP contribution in [0.4, 0.5) is 22.0 Å². The van der Waals surface area contributed by atoms with Crippen molar-refractivity contribution in [3.8, 4) is 0 Å². The van der Waals surface area contributed by atoms with Crippen molar-refractivity contribution in [3.05, 3.63) is 11.7 Å². The topological polar surface area (TPSA) is 98.5 Å². The number of carbonyl (C=O) groups is 1. The van der Waals surface area contributed by atoms with E-state index in [9.17, 15) is 26.7 Å². The first-order valence-electron chi connectivity index (χ1n) is 8.66. The fourth-order valence-corrected chi connectivity index (χ4v) is 3.45. The Balaban J connectivity index is 0.00000338. The summed E-state index contributed by atoms with van der Waals surface area (Å²) in [6, 6.07) is 0. The van der Waals surface area contributed by atoms with Crippen molar-refractivity contribution in [1.29, 1.82) is 0 Å².